The standard InChI is InChI=1S/C14H18BrN3O/c1-2-16-11-14-17-6-7-18(14)8-9-19-13-5-3-4-12(15)10-13/h3-7,10,16H,2,8-9,11H2,1H3. The lowest BCUT2D eigenvalue weighted by Gasteiger charge is -2.10. The van der Waals surface area contributed by atoms with E-state index in [1.54, 1.807) is 0 Å². The van der Waals surface area contributed by atoms with Crippen LogP contribution >= 0.6 is 15.9 Å². The number of ether oxygens (including phenoxy) is 1. The van der Waals surface area contributed by atoms with Gasteiger partial charge >= 0.3 is 0 Å². The van der Waals surface area contributed by atoms with Crippen LogP contribution in [0.4, 0.5) is 0 Å². The van der Waals surface area contributed by atoms with Gasteiger partial charge in [-0.3, -0.25) is 0 Å². The average molecular weight is 324 g/mol. The van der Waals surface area contributed by atoms with E-state index < -0.39 is 0 Å². The lowest BCUT2D eigenvalue weighted by atomic mass is 10.3. The number of hydrogen-bond acceptors (Lipinski definition) is 3. The van der Waals surface area contributed by atoms with Gasteiger partial charge in [0.1, 0.15) is 18.2 Å². The molecule has 0 aliphatic carbocycles. The van der Waals surface area contributed by atoms with Crippen molar-refractivity contribution in [2.75, 3.05) is 13.2 Å². The van der Waals surface area contributed by atoms with E-state index in [9.17, 15) is 0 Å². The quantitative estimate of drug-likeness (QED) is 0.851. The summed E-state index contributed by atoms with van der Waals surface area (Å²) in [7, 11) is 0. The van der Waals surface area contributed by atoms with Crippen LogP contribution in [0, 0.1) is 0 Å². The third-order valence-electron chi connectivity index (χ3n) is 2.73. The van der Waals surface area contributed by atoms with Crippen LogP contribution in [0.15, 0.2) is 41.1 Å². The van der Waals surface area contributed by atoms with Gasteiger partial charge in [0.25, 0.3) is 0 Å². The fourth-order valence-electron chi connectivity index (χ4n) is 1.77. The maximum absolute atomic E-state index is 5.72. The van der Waals surface area contributed by atoms with Gasteiger partial charge in [0.05, 0.1) is 13.1 Å². The Bertz CT molecular complexity index is 513. The molecule has 1 heterocycles. The molecule has 0 aliphatic rings. The van der Waals surface area contributed by atoms with Crippen molar-refractivity contribution < 1.29 is 4.74 Å². The first-order valence-corrected chi connectivity index (χ1v) is 7.18. The van der Waals surface area contributed by atoms with Gasteiger partial charge < -0.3 is 14.6 Å². The first-order valence-electron chi connectivity index (χ1n) is 6.38. The molecule has 102 valence electrons. The largest absolute Gasteiger partial charge is 0.492 e. The summed E-state index contributed by atoms with van der Waals surface area (Å²) < 4.78 is 8.86. The summed E-state index contributed by atoms with van der Waals surface area (Å²) in [6.45, 7) is 5.25. The summed E-state index contributed by atoms with van der Waals surface area (Å²) >= 11 is 3.43. The summed E-state index contributed by atoms with van der Waals surface area (Å²) in [5.74, 6) is 1.92. The Morgan fingerprint density at radius 1 is 1.42 bits per heavy atom. The van der Waals surface area contributed by atoms with Crippen LogP contribution in [-0.4, -0.2) is 22.7 Å². The van der Waals surface area contributed by atoms with Gasteiger partial charge in [-0.05, 0) is 24.7 Å². The minimum Gasteiger partial charge on any atom is -0.492 e. The van der Waals surface area contributed by atoms with Crippen LogP contribution < -0.4 is 10.1 Å². The van der Waals surface area contributed by atoms with E-state index in [4.69, 9.17) is 4.74 Å². The highest BCUT2D eigenvalue weighted by molar-refractivity contribution is 9.10. The van der Waals surface area contributed by atoms with Crippen LogP contribution in [-0.2, 0) is 13.1 Å². The van der Waals surface area contributed by atoms with E-state index in [-0.39, 0.29) is 0 Å². The number of aromatic nitrogens is 2. The Kier molecular flexibility index (Phi) is 5.42. The van der Waals surface area contributed by atoms with Crippen molar-refractivity contribution in [3.8, 4) is 5.75 Å². The second-order valence-electron chi connectivity index (χ2n) is 4.12. The molecule has 19 heavy (non-hydrogen) atoms. The van der Waals surface area contributed by atoms with Crippen molar-refractivity contribution in [3.05, 3.63) is 47.0 Å². The monoisotopic (exact) mass is 323 g/mol. The molecule has 0 unspecified atom stereocenters. The van der Waals surface area contributed by atoms with Gasteiger partial charge in [0, 0.05) is 16.9 Å². The number of hydrogen-bond donors (Lipinski definition) is 1. The molecule has 0 fully saturated rings. The smallest absolute Gasteiger partial charge is 0.122 e. The normalized spacial score (nSPS) is 10.6. The molecular weight excluding hydrogens is 306 g/mol. The summed E-state index contributed by atoms with van der Waals surface area (Å²) in [6, 6.07) is 7.87. The van der Waals surface area contributed by atoms with Crippen molar-refractivity contribution in [1.29, 1.82) is 0 Å². The predicted molar refractivity (Wildman–Crippen MR) is 79.2 cm³/mol. The maximum atomic E-state index is 5.72. The lowest BCUT2D eigenvalue weighted by Crippen LogP contribution is -2.18. The predicted octanol–water partition coefficient (Wildman–Crippen LogP) is 2.83. The number of nitrogens with zero attached hydrogens (tertiary/aromatic N) is 2. The van der Waals surface area contributed by atoms with Crippen molar-refractivity contribution in [2.45, 2.75) is 20.0 Å². The second kappa shape index (κ2) is 7.31. The van der Waals surface area contributed by atoms with Crippen LogP contribution in [0.2, 0.25) is 0 Å². The zero-order valence-electron chi connectivity index (χ0n) is 11.0. The topological polar surface area (TPSA) is 39.1 Å². The minimum absolute atomic E-state index is 0.631. The summed E-state index contributed by atoms with van der Waals surface area (Å²) in [4.78, 5) is 4.33. The highest BCUT2D eigenvalue weighted by Gasteiger charge is 2.02. The fraction of sp³-hybridized carbons (Fsp3) is 0.357. The summed E-state index contributed by atoms with van der Waals surface area (Å²) in [5, 5.41) is 3.28. The summed E-state index contributed by atoms with van der Waals surface area (Å²) in [5.41, 5.74) is 0. The molecule has 0 saturated heterocycles. The van der Waals surface area contributed by atoms with Gasteiger partial charge in [-0.15, -0.1) is 0 Å². The molecule has 0 bridgehead atoms. The van der Waals surface area contributed by atoms with E-state index in [1.807, 2.05) is 36.7 Å². The average Bonchev–Trinajstić information content (AvgIpc) is 2.84. The molecule has 4 nitrogen and oxygen atoms in total. The zero-order valence-corrected chi connectivity index (χ0v) is 12.6. The van der Waals surface area contributed by atoms with Crippen molar-refractivity contribution in [2.24, 2.45) is 0 Å². The Labute approximate surface area is 121 Å². The van der Waals surface area contributed by atoms with Crippen LogP contribution in [0.3, 0.4) is 0 Å². The Balaban J connectivity index is 1.84. The van der Waals surface area contributed by atoms with Gasteiger partial charge in [0.15, 0.2) is 0 Å². The number of benzene rings is 1. The highest BCUT2D eigenvalue weighted by atomic mass is 79.9. The van der Waals surface area contributed by atoms with Gasteiger partial charge in [-0.1, -0.05) is 28.9 Å². The third-order valence-corrected chi connectivity index (χ3v) is 3.23. The Morgan fingerprint density at radius 2 is 2.32 bits per heavy atom. The SMILES string of the molecule is CCNCc1nccn1CCOc1cccc(Br)c1. The molecule has 1 aromatic carbocycles. The van der Waals surface area contributed by atoms with E-state index in [2.05, 4.69) is 37.7 Å². The molecule has 5 heteroatoms. The van der Waals surface area contributed by atoms with E-state index >= 15 is 0 Å². The van der Waals surface area contributed by atoms with Crippen LogP contribution in [0.1, 0.15) is 12.7 Å². The number of imidazole rings is 1. The van der Waals surface area contributed by atoms with E-state index in [0.717, 1.165) is 35.7 Å². The second-order valence-corrected chi connectivity index (χ2v) is 5.04. The van der Waals surface area contributed by atoms with Crippen LogP contribution in [0.25, 0.3) is 0 Å². The molecule has 0 aliphatic heterocycles. The summed E-state index contributed by atoms with van der Waals surface area (Å²) in [6.07, 6.45) is 3.81. The van der Waals surface area contributed by atoms with Crippen molar-refractivity contribution >= 4 is 15.9 Å². The van der Waals surface area contributed by atoms with Gasteiger partial charge in [-0.2, -0.15) is 0 Å². The van der Waals surface area contributed by atoms with Gasteiger partial charge in [0.2, 0.25) is 0 Å². The third kappa shape index (κ3) is 4.36. The van der Waals surface area contributed by atoms with Crippen molar-refractivity contribution in [1.82, 2.24) is 14.9 Å². The first kappa shape index (κ1) is 14.1. The molecule has 0 radical (unpaired) electrons. The molecule has 1 aromatic heterocycles. The zero-order chi connectivity index (χ0) is 13.5. The Morgan fingerprint density at radius 3 is 3.11 bits per heavy atom. The molecule has 1 N–H and O–H groups in total. The molecule has 0 amide bonds. The molecule has 0 atom stereocenters. The maximum Gasteiger partial charge on any atom is 0.122 e. The van der Waals surface area contributed by atoms with Crippen molar-refractivity contribution in [3.63, 3.8) is 0 Å². The fourth-order valence-corrected chi connectivity index (χ4v) is 2.14. The molecule has 2 rings (SSSR count). The van der Waals surface area contributed by atoms with E-state index in [1.165, 1.54) is 0 Å². The molecule has 0 spiro atoms. The van der Waals surface area contributed by atoms with Crippen LogP contribution in [0.5, 0.6) is 5.75 Å². The molecule has 0 saturated carbocycles. The first-order chi connectivity index (χ1) is 9.29. The number of nitrogens with one attached hydrogen (secondary N) is 1. The van der Waals surface area contributed by atoms with E-state index in [0.29, 0.717) is 6.61 Å². The van der Waals surface area contributed by atoms with Gasteiger partial charge in [-0.25, -0.2) is 4.98 Å². The Hall–Kier alpha value is -1.33. The highest BCUT2D eigenvalue weighted by Crippen LogP contribution is 2.17. The molecule has 2 aromatic rings. The molecular formula is C14H18BrN3O. The lowest BCUT2D eigenvalue weighted by molar-refractivity contribution is 0.295. The number of rotatable bonds is 7. The number of halogens is 1. The minimum atomic E-state index is 0.631.